The first-order valence-electron chi connectivity index (χ1n) is 6.76. The van der Waals surface area contributed by atoms with Crippen LogP contribution in [0.3, 0.4) is 0 Å². The Kier molecular flexibility index (Phi) is 9.97. The highest BCUT2D eigenvalue weighted by atomic mass is 16.1. The summed E-state index contributed by atoms with van der Waals surface area (Å²) in [5, 5.41) is 0. The zero-order valence-corrected chi connectivity index (χ0v) is 10.8. The van der Waals surface area contributed by atoms with E-state index in [1.807, 2.05) is 0 Å². The number of ketones is 1. The van der Waals surface area contributed by atoms with Crippen LogP contribution >= 0.6 is 0 Å². The molecular formula is C14H28O. The Labute approximate surface area is 95.6 Å². The Morgan fingerprint density at radius 2 is 1.53 bits per heavy atom. The van der Waals surface area contributed by atoms with Gasteiger partial charge in [-0.2, -0.15) is 0 Å². The standard InChI is InChI=1S/C14H28O/c1-4-7-8-9-10-11-14(15)12-13(5-2)6-3/h13H,4-12H2,1-3H3. The third kappa shape index (κ3) is 8.65. The molecule has 0 amide bonds. The molecule has 15 heavy (non-hydrogen) atoms. The lowest BCUT2D eigenvalue weighted by atomic mass is 9.95. The summed E-state index contributed by atoms with van der Waals surface area (Å²) < 4.78 is 0. The highest BCUT2D eigenvalue weighted by Crippen LogP contribution is 2.15. The van der Waals surface area contributed by atoms with Crippen LogP contribution in [0.5, 0.6) is 0 Å². The molecular weight excluding hydrogens is 184 g/mol. The summed E-state index contributed by atoms with van der Waals surface area (Å²) in [5.41, 5.74) is 0. The molecule has 0 heterocycles. The summed E-state index contributed by atoms with van der Waals surface area (Å²) in [6.07, 6.45) is 10.2. The molecule has 90 valence electrons. The zero-order valence-electron chi connectivity index (χ0n) is 10.8. The minimum atomic E-state index is 0.486. The summed E-state index contributed by atoms with van der Waals surface area (Å²) in [6, 6.07) is 0. The number of unbranched alkanes of at least 4 members (excludes halogenated alkanes) is 4. The molecule has 0 aromatic heterocycles. The second kappa shape index (κ2) is 10.2. The van der Waals surface area contributed by atoms with Crippen molar-refractivity contribution < 1.29 is 4.79 Å². The summed E-state index contributed by atoms with van der Waals surface area (Å²) in [6.45, 7) is 6.59. The molecule has 0 aliphatic heterocycles. The second-order valence-corrected chi connectivity index (χ2v) is 4.59. The van der Waals surface area contributed by atoms with Gasteiger partial charge in [-0.1, -0.05) is 59.3 Å². The largest absolute Gasteiger partial charge is 0.300 e. The Hall–Kier alpha value is -0.330. The average Bonchev–Trinajstić information content (AvgIpc) is 2.25. The van der Waals surface area contributed by atoms with Crippen molar-refractivity contribution >= 4 is 5.78 Å². The molecule has 0 bridgehead atoms. The van der Waals surface area contributed by atoms with E-state index in [0.717, 1.165) is 32.1 Å². The summed E-state index contributed by atoms with van der Waals surface area (Å²) >= 11 is 0. The molecule has 0 aliphatic rings. The average molecular weight is 212 g/mol. The van der Waals surface area contributed by atoms with E-state index in [9.17, 15) is 4.79 Å². The van der Waals surface area contributed by atoms with Crippen molar-refractivity contribution in [3.05, 3.63) is 0 Å². The fourth-order valence-electron chi connectivity index (χ4n) is 1.93. The fourth-order valence-corrected chi connectivity index (χ4v) is 1.93. The van der Waals surface area contributed by atoms with Crippen molar-refractivity contribution in [3.8, 4) is 0 Å². The van der Waals surface area contributed by atoms with Gasteiger partial charge in [0.25, 0.3) is 0 Å². The molecule has 1 nitrogen and oxygen atoms in total. The van der Waals surface area contributed by atoms with Crippen LogP contribution in [0, 0.1) is 5.92 Å². The quantitative estimate of drug-likeness (QED) is 0.478. The van der Waals surface area contributed by atoms with E-state index < -0.39 is 0 Å². The molecule has 0 saturated heterocycles. The van der Waals surface area contributed by atoms with Gasteiger partial charge in [0.1, 0.15) is 5.78 Å². The van der Waals surface area contributed by atoms with Gasteiger partial charge in [-0.05, 0) is 12.3 Å². The Morgan fingerprint density at radius 1 is 0.933 bits per heavy atom. The number of hydrogen-bond acceptors (Lipinski definition) is 1. The van der Waals surface area contributed by atoms with Crippen LogP contribution in [0.15, 0.2) is 0 Å². The van der Waals surface area contributed by atoms with Crippen molar-refractivity contribution in [2.45, 2.75) is 78.6 Å². The number of Topliss-reactive ketones (excluding diaryl/α,β-unsaturated/α-hetero) is 1. The molecule has 0 unspecified atom stereocenters. The number of carbonyl (C=O) groups excluding carboxylic acids is 1. The Balaban J connectivity index is 3.40. The first-order chi connectivity index (χ1) is 7.24. The van der Waals surface area contributed by atoms with Crippen LogP contribution in [0.25, 0.3) is 0 Å². The van der Waals surface area contributed by atoms with E-state index in [1.54, 1.807) is 0 Å². The van der Waals surface area contributed by atoms with Gasteiger partial charge >= 0.3 is 0 Å². The van der Waals surface area contributed by atoms with Crippen LogP contribution in [-0.4, -0.2) is 5.78 Å². The van der Waals surface area contributed by atoms with E-state index in [2.05, 4.69) is 20.8 Å². The molecule has 0 aromatic rings. The molecule has 0 fully saturated rings. The number of rotatable bonds is 10. The third-order valence-corrected chi connectivity index (χ3v) is 3.23. The monoisotopic (exact) mass is 212 g/mol. The number of hydrogen-bond donors (Lipinski definition) is 0. The Bertz CT molecular complexity index is 147. The van der Waals surface area contributed by atoms with Gasteiger partial charge in [0.05, 0.1) is 0 Å². The smallest absolute Gasteiger partial charge is 0.133 e. The van der Waals surface area contributed by atoms with Gasteiger partial charge in [0, 0.05) is 12.8 Å². The van der Waals surface area contributed by atoms with Crippen molar-refractivity contribution in [1.29, 1.82) is 0 Å². The predicted octanol–water partition coefficient (Wildman–Crippen LogP) is 4.74. The Morgan fingerprint density at radius 3 is 2.07 bits per heavy atom. The zero-order chi connectivity index (χ0) is 11.5. The lowest BCUT2D eigenvalue weighted by Gasteiger charge is -2.10. The molecule has 0 rings (SSSR count). The molecule has 0 atom stereocenters. The molecule has 0 spiro atoms. The van der Waals surface area contributed by atoms with Crippen LogP contribution in [0.2, 0.25) is 0 Å². The maximum Gasteiger partial charge on any atom is 0.133 e. The minimum Gasteiger partial charge on any atom is -0.300 e. The van der Waals surface area contributed by atoms with Crippen molar-refractivity contribution in [2.75, 3.05) is 0 Å². The molecule has 0 saturated carbocycles. The van der Waals surface area contributed by atoms with Crippen LogP contribution in [0.4, 0.5) is 0 Å². The third-order valence-electron chi connectivity index (χ3n) is 3.23. The number of carbonyl (C=O) groups is 1. The van der Waals surface area contributed by atoms with E-state index in [-0.39, 0.29) is 0 Å². The normalized spacial score (nSPS) is 10.9. The van der Waals surface area contributed by atoms with E-state index in [1.165, 1.54) is 25.7 Å². The van der Waals surface area contributed by atoms with Crippen LogP contribution in [0.1, 0.15) is 78.6 Å². The lowest BCUT2D eigenvalue weighted by Crippen LogP contribution is -2.06. The summed E-state index contributed by atoms with van der Waals surface area (Å²) in [4.78, 5) is 11.6. The highest BCUT2D eigenvalue weighted by molar-refractivity contribution is 5.78. The second-order valence-electron chi connectivity index (χ2n) is 4.59. The molecule has 0 aliphatic carbocycles. The van der Waals surface area contributed by atoms with E-state index in [4.69, 9.17) is 0 Å². The van der Waals surface area contributed by atoms with Crippen LogP contribution < -0.4 is 0 Å². The van der Waals surface area contributed by atoms with Gasteiger partial charge in [-0.3, -0.25) is 4.79 Å². The topological polar surface area (TPSA) is 17.1 Å². The SMILES string of the molecule is CCCCCCCC(=O)CC(CC)CC. The summed E-state index contributed by atoms with van der Waals surface area (Å²) in [7, 11) is 0. The van der Waals surface area contributed by atoms with Gasteiger partial charge in [0.2, 0.25) is 0 Å². The first kappa shape index (κ1) is 14.7. The van der Waals surface area contributed by atoms with Crippen molar-refractivity contribution in [2.24, 2.45) is 5.92 Å². The van der Waals surface area contributed by atoms with Crippen LogP contribution in [-0.2, 0) is 4.79 Å². The van der Waals surface area contributed by atoms with E-state index >= 15 is 0 Å². The molecule has 0 aromatic carbocycles. The fraction of sp³-hybridized carbons (Fsp3) is 0.929. The highest BCUT2D eigenvalue weighted by Gasteiger charge is 2.09. The molecule has 0 N–H and O–H groups in total. The first-order valence-corrected chi connectivity index (χ1v) is 6.76. The minimum absolute atomic E-state index is 0.486. The van der Waals surface area contributed by atoms with Gasteiger partial charge < -0.3 is 0 Å². The lowest BCUT2D eigenvalue weighted by molar-refractivity contribution is -0.120. The maximum absolute atomic E-state index is 11.6. The van der Waals surface area contributed by atoms with Gasteiger partial charge in [-0.15, -0.1) is 0 Å². The van der Waals surface area contributed by atoms with Crippen molar-refractivity contribution in [1.82, 2.24) is 0 Å². The predicted molar refractivity (Wildman–Crippen MR) is 67.1 cm³/mol. The van der Waals surface area contributed by atoms with Gasteiger partial charge in [0.15, 0.2) is 0 Å². The maximum atomic E-state index is 11.6. The van der Waals surface area contributed by atoms with Crippen molar-refractivity contribution in [3.63, 3.8) is 0 Å². The molecule has 1 heteroatoms. The van der Waals surface area contributed by atoms with Gasteiger partial charge in [-0.25, -0.2) is 0 Å². The van der Waals surface area contributed by atoms with E-state index in [0.29, 0.717) is 11.7 Å². The summed E-state index contributed by atoms with van der Waals surface area (Å²) in [5.74, 6) is 1.12. The molecule has 0 radical (unpaired) electrons.